The highest BCUT2D eigenvalue weighted by Crippen LogP contribution is 2.27. The van der Waals surface area contributed by atoms with Crippen molar-refractivity contribution in [3.63, 3.8) is 0 Å². The van der Waals surface area contributed by atoms with Crippen molar-refractivity contribution in [3.05, 3.63) is 40.7 Å². The number of hydrogen-bond acceptors (Lipinski definition) is 7. The Kier molecular flexibility index (Phi) is 7.40. The van der Waals surface area contributed by atoms with Gasteiger partial charge >= 0.3 is 6.08 Å². The van der Waals surface area contributed by atoms with Crippen molar-refractivity contribution in [2.24, 2.45) is 5.92 Å². The van der Waals surface area contributed by atoms with Crippen LogP contribution in [0.1, 0.15) is 43.3 Å². The van der Waals surface area contributed by atoms with Gasteiger partial charge in [-0.1, -0.05) is 26.8 Å². The zero-order valence-electron chi connectivity index (χ0n) is 18.6. The summed E-state index contributed by atoms with van der Waals surface area (Å²) >= 11 is 0. The first-order valence-electron chi connectivity index (χ1n) is 10.6. The number of aliphatic hydroxyl groups is 1. The molecule has 1 aromatic carbocycles. The van der Waals surface area contributed by atoms with Gasteiger partial charge in [-0.25, -0.2) is 4.98 Å². The van der Waals surface area contributed by atoms with Gasteiger partial charge in [0.2, 0.25) is 0 Å². The quantitative estimate of drug-likeness (QED) is 0.257. The van der Waals surface area contributed by atoms with E-state index >= 15 is 0 Å². The number of rotatable bonds is 10. The van der Waals surface area contributed by atoms with Crippen molar-refractivity contribution < 1.29 is 14.2 Å². The molecule has 0 amide bonds. The van der Waals surface area contributed by atoms with Crippen LogP contribution in [0.15, 0.2) is 12.1 Å². The monoisotopic (exact) mass is 430 g/mol. The molecule has 0 fully saturated rings. The van der Waals surface area contributed by atoms with Gasteiger partial charge in [-0.15, -0.1) is 0 Å². The average molecular weight is 431 g/mol. The molecule has 0 aliphatic rings. The Bertz CT molecular complexity index is 1050. The third-order valence-electron chi connectivity index (χ3n) is 5.18. The Morgan fingerprint density at radius 2 is 2.00 bits per heavy atom. The van der Waals surface area contributed by atoms with Crippen molar-refractivity contribution in [1.29, 1.82) is 0 Å². The molecule has 168 valence electrons. The smallest absolute Gasteiger partial charge is 0.312 e. The number of ether oxygens (including phenoxy) is 1. The third kappa shape index (κ3) is 5.29. The van der Waals surface area contributed by atoms with Crippen LogP contribution >= 0.6 is 0 Å². The summed E-state index contributed by atoms with van der Waals surface area (Å²) in [7, 11) is 0. The Hall–Kier alpha value is -2.78. The van der Waals surface area contributed by atoms with Crippen molar-refractivity contribution in [3.8, 4) is 5.75 Å². The molecular weight excluding hydrogens is 399 g/mol. The van der Waals surface area contributed by atoms with Crippen LogP contribution in [0.5, 0.6) is 5.75 Å². The number of aryl methyl sites for hydroxylation is 2. The molecule has 2 heterocycles. The van der Waals surface area contributed by atoms with E-state index in [4.69, 9.17) is 15.6 Å². The molecule has 0 saturated heterocycles. The third-order valence-corrected chi connectivity index (χ3v) is 5.18. The molecule has 3 aromatic rings. The highest BCUT2D eigenvalue weighted by molar-refractivity contribution is 5.82. The van der Waals surface area contributed by atoms with E-state index in [1.165, 1.54) is 0 Å². The van der Waals surface area contributed by atoms with Crippen molar-refractivity contribution in [1.82, 2.24) is 24.8 Å². The number of nitrogens with zero attached hydrogens (tertiary/aromatic N) is 4. The lowest BCUT2D eigenvalue weighted by Gasteiger charge is -2.15. The molecule has 0 bridgehead atoms. The summed E-state index contributed by atoms with van der Waals surface area (Å²) in [5.74, 6) is 1.98. The van der Waals surface area contributed by atoms with Crippen LogP contribution < -0.4 is 15.8 Å². The maximum Gasteiger partial charge on any atom is 0.312 e. The Morgan fingerprint density at radius 1 is 1.23 bits per heavy atom. The van der Waals surface area contributed by atoms with Gasteiger partial charge in [-0.2, -0.15) is 14.4 Å². The number of aromatic nitrogens is 4. The summed E-state index contributed by atoms with van der Waals surface area (Å²) in [4.78, 5) is 12.3. The highest BCUT2D eigenvalue weighted by atomic mass is 19.1. The standard InChI is InChI=1S/C22H31FN6O2/c1-5-15-9-17(31-12-30)14(4)8-16(15)10-18-26-19-20(24)27-22(23)28-21(19)29(18)7-6-25-11-13(2)3/h8-9,13,25,30H,5-7,10-12H2,1-4H3,(H2,24,27,28). The Morgan fingerprint density at radius 3 is 2.68 bits per heavy atom. The molecule has 0 saturated carbocycles. The van der Waals surface area contributed by atoms with Gasteiger partial charge in [0.1, 0.15) is 11.6 Å². The van der Waals surface area contributed by atoms with Gasteiger partial charge in [0.05, 0.1) is 0 Å². The predicted molar refractivity (Wildman–Crippen MR) is 118 cm³/mol. The molecule has 0 radical (unpaired) electrons. The molecule has 9 heteroatoms. The Balaban J connectivity index is 2.00. The first kappa shape index (κ1) is 22.9. The summed E-state index contributed by atoms with van der Waals surface area (Å²) in [6, 6.07) is 3.99. The van der Waals surface area contributed by atoms with E-state index in [1.54, 1.807) is 0 Å². The maximum atomic E-state index is 13.9. The second kappa shape index (κ2) is 10.0. The van der Waals surface area contributed by atoms with Gasteiger partial charge < -0.3 is 25.5 Å². The van der Waals surface area contributed by atoms with Crippen LogP contribution in [0, 0.1) is 18.9 Å². The second-order valence-electron chi connectivity index (χ2n) is 8.02. The van der Waals surface area contributed by atoms with E-state index in [2.05, 4.69) is 41.0 Å². The predicted octanol–water partition coefficient (Wildman–Crippen LogP) is 2.58. The van der Waals surface area contributed by atoms with Crippen molar-refractivity contribution in [2.75, 3.05) is 25.6 Å². The number of anilines is 1. The summed E-state index contributed by atoms with van der Waals surface area (Å²) in [5, 5.41) is 12.5. The van der Waals surface area contributed by atoms with E-state index in [9.17, 15) is 4.39 Å². The number of nitrogens with two attached hydrogens (primary N) is 1. The second-order valence-corrected chi connectivity index (χ2v) is 8.02. The van der Waals surface area contributed by atoms with Gasteiger partial charge in [-0.05, 0) is 48.6 Å². The summed E-state index contributed by atoms with van der Waals surface area (Å²) < 4.78 is 21.1. The molecule has 0 spiro atoms. The minimum atomic E-state index is -0.858. The van der Waals surface area contributed by atoms with Crippen molar-refractivity contribution >= 4 is 17.0 Å². The van der Waals surface area contributed by atoms with Crippen LogP contribution in [0.2, 0.25) is 0 Å². The molecule has 4 N–H and O–H groups in total. The number of nitrogens with one attached hydrogen (secondary N) is 1. The molecule has 8 nitrogen and oxygen atoms in total. The SMILES string of the molecule is CCc1cc(OCO)c(C)cc1Cc1nc2c(N)nc(F)nc2n1CCNCC(C)C. The minimum Gasteiger partial charge on any atom is -0.467 e. The lowest BCUT2D eigenvalue weighted by atomic mass is 9.98. The highest BCUT2D eigenvalue weighted by Gasteiger charge is 2.18. The summed E-state index contributed by atoms with van der Waals surface area (Å²) in [6.07, 6.45) is 0.471. The van der Waals surface area contributed by atoms with Crippen LogP contribution in [0.3, 0.4) is 0 Å². The molecular formula is C22H31FN6O2. The number of aliphatic hydroxyl groups excluding tert-OH is 1. The number of halogens is 1. The summed E-state index contributed by atoms with van der Waals surface area (Å²) in [6.45, 7) is 10.1. The zero-order chi connectivity index (χ0) is 22.5. The molecule has 31 heavy (non-hydrogen) atoms. The normalized spacial score (nSPS) is 11.6. The lowest BCUT2D eigenvalue weighted by molar-refractivity contribution is 0.0977. The Labute approximate surface area is 181 Å². The number of hydrogen-bond donors (Lipinski definition) is 3. The molecule has 0 aliphatic heterocycles. The van der Waals surface area contributed by atoms with Crippen LogP contribution in [-0.2, 0) is 19.4 Å². The van der Waals surface area contributed by atoms with E-state index in [0.717, 1.165) is 35.5 Å². The fourth-order valence-electron chi connectivity index (χ4n) is 3.67. The average Bonchev–Trinajstić information content (AvgIpc) is 3.04. The molecule has 0 atom stereocenters. The van der Waals surface area contributed by atoms with E-state index < -0.39 is 6.08 Å². The van der Waals surface area contributed by atoms with Crippen LogP contribution in [-0.4, -0.2) is 44.5 Å². The maximum absolute atomic E-state index is 13.9. The van der Waals surface area contributed by atoms with Crippen molar-refractivity contribution in [2.45, 2.75) is 47.1 Å². The minimum absolute atomic E-state index is 0.0382. The molecule has 3 rings (SSSR count). The summed E-state index contributed by atoms with van der Waals surface area (Å²) in [5.41, 5.74) is 9.86. The molecule has 0 aliphatic carbocycles. The van der Waals surface area contributed by atoms with Gasteiger partial charge in [0.15, 0.2) is 23.8 Å². The first-order valence-corrected chi connectivity index (χ1v) is 10.6. The topological polar surface area (TPSA) is 111 Å². The molecule has 0 unspecified atom stereocenters. The van der Waals surface area contributed by atoms with Gasteiger partial charge in [0, 0.05) is 19.5 Å². The number of benzene rings is 1. The largest absolute Gasteiger partial charge is 0.467 e. The fraction of sp³-hybridized carbons (Fsp3) is 0.500. The number of fused-ring (bicyclic) bond motifs is 1. The van der Waals surface area contributed by atoms with Crippen LogP contribution in [0.4, 0.5) is 10.2 Å². The lowest BCUT2D eigenvalue weighted by Crippen LogP contribution is -2.25. The van der Waals surface area contributed by atoms with E-state index in [-0.39, 0.29) is 12.6 Å². The molecule has 2 aromatic heterocycles. The first-order chi connectivity index (χ1) is 14.8. The fourth-order valence-corrected chi connectivity index (χ4v) is 3.67. The zero-order valence-corrected chi connectivity index (χ0v) is 18.6. The van der Waals surface area contributed by atoms with Gasteiger partial charge in [0.25, 0.3) is 0 Å². The van der Waals surface area contributed by atoms with E-state index in [0.29, 0.717) is 42.3 Å². The van der Waals surface area contributed by atoms with E-state index in [1.807, 2.05) is 23.6 Å². The van der Waals surface area contributed by atoms with Crippen LogP contribution in [0.25, 0.3) is 11.2 Å². The number of imidazole rings is 1. The number of nitrogen functional groups attached to an aromatic ring is 1. The van der Waals surface area contributed by atoms with Gasteiger partial charge in [-0.3, -0.25) is 0 Å².